The van der Waals surface area contributed by atoms with Gasteiger partial charge < -0.3 is 4.74 Å². The lowest BCUT2D eigenvalue weighted by molar-refractivity contribution is -0.587. The van der Waals surface area contributed by atoms with E-state index < -0.39 is 21.9 Å². The number of amides is 1. The Morgan fingerprint density at radius 1 is 1.19 bits per heavy atom. The van der Waals surface area contributed by atoms with Gasteiger partial charge in [0, 0.05) is 6.07 Å². The molecule has 0 radical (unpaired) electrons. The maximum absolute atomic E-state index is 12.6. The zero-order valence-electron chi connectivity index (χ0n) is 14.7. The van der Waals surface area contributed by atoms with E-state index in [-0.39, 0.29) is 22.1 Å². The number of carbonyl (C=O) groups is 2. The average Bonchev–Trinajstić information content (AvgIpc) is 3.05. The zero-order valence-corrected chi connectivity index (χ0v) is 15.5. The van der Waals surface area contributed by atoms with E-state index in [2.05, 4.69) is 19.8 Å². The molecule has 0 saturated carbocycles. The fraction of sp³-hybridized carbons (Fsp3) is 0.188. The predicted molar refractivity (Wildman–Crippen MR) is 91.5 cm³/mol. The molecule has 1 aromatic carbocycles. The number of aromatic amines is 1. The SMILES string of the molecule is COC(=O)c1ccccc1S(=O)(=O)NC(=O)c1nc2nc(C)cc(C)[n+]2[nH]1. The Bertz CT molecular complexity index is 1170. The van der Waals surface area contributed by atoms with E-state index in [1.165, 1.54) is 28.8 Å². The van der Waals surface area contributed by atoms with Crippen LogP contribution in [0.25, 0.3) is 5.78 Å². The number of ether oxygens (including phenoxy) is 1. The number of methoxy groups -OCH3 is 1. The highest BCUT2D eigenvalue weighted by Gasteiger charge is 2.28. The van der Waals surface area contributed by atoms with Gasteiger partial charge in [-0.25, -0.2) is 23.0 Å². The lowest BCUT2D eigenvalue weighted by Crippen LogP contribution is -2.34. The maximum atomic E-state index is 12.6. The Morgan fingerprint density at radius 2 is 1.89 bits per heavy atom. The van der Waals surface area contributed by atoms with Crippen LogP contribution in [0.15, 0.2) is 35.2 Å². The van der Waals surface area contributed by atoms with Crippen LogP contribution >= 0.6 is 0 Å². The normalized spacial score (nSPS) is 11.4. The minimum atomic E-state index is -4.34. The minimum absolute atomic E-state index is 0.188. The van der Waals surface area contributed by atoms with Gasteiger partial charge in [0.1, 0.15) is 16.3 Å². The predicted octanol–water partition coefficient (Wildman–Crippen LogP) is 0.0655. The summed E-state index contributed by atoms with van der Waals surface area (Å²) in [6.45, 7) is 3.56. The molecule has 140 valence electrons. The number of carbonyl (C=O) groups excluding carboxylic acids is 2. The first-order valence-electron chi connectivity index (χ1n) is 7.73. The van der Waals surface area contributed by atoms with Crippen LogP contribution in [0.1, 0.15) is 32.4 Å². The van der Waals surface area contributed by atoms with Gasteiger partial charge in [-0.2, -0.15) is 0 Å². The summed E-state index contributed by atoms with van der Waals surface area (Å²) in [6.07, 6.45) is 0. The molecule has 11 heteroatoms. The van der Waals surface area contributed by atoms with Gasteiger partial charge in [-0.3, -0.25) is 4.79 Å². The smallest absolute Gasteiger partial charge is 0.457 e. The number of aryl methyl sites for hydroxylation is 2. The first-order valence-corrected chi connectivity index (χ1v) is 9.22. The zero-order chi connectivity index (χ0) is 19.8. The number of sulfonamides is 1. The van der Waals surface area contributed by atoms with Crippen molar-refractivity contribution in [1.82, 2.24) is 19.8 Å². The number of hydrogen-bond acceptors (Lipinski definition) is 7. The Labute approximate surface area is 154 Å². The Hall–Kier alpha value is -3.34. The number of hydrogen-bond donors (Lipinski definition) is 2. The van der Waals surface area contributed by atoms with Gasteiger partial charge in [0.2, 0.25) is 0 Å². The summed E-state index contributed by atoms with van der Waals surface area (Å²) in [6, 6.07) is 7.18. The van der Waals surface area contributed by atoms with Crippen molar-refractivity contribution >= 4 is 27.7 Å². The molecule has 0 saturated heterocycles. The number of nitrogens with zero attached hydrogens (tertiary/aromatic N) is 3. The van der Waals surface area contributed by atoms with Gasteiger partial charge in [0.15, 0.2) is 0 Å². The number of aromatic nitrogens is 4. The minimum Gasteiger partial charge on any atom is -0.465 e. The molecule has 0 aliphatic heterocycles. The van der Waals surface area contributed by atoms with Gasteiger partial charge >= 0.3 is 23.5 Å². The van der Waals surface area contributed by atoms with Crippen LogP contribution < -0.4 is 9.24 Å². The molecule has 3 rings (SSSR count). The van der Waals surface area contributed by atoms with Crippen molar-refractivity contribution in [3.8, 4) is 0 Å². The van der Waals surface area contributed by atoms with E-state index in [1.807, 2.05) is 4.72 Å². The molecule has 0 spiro atoms. The standard InChI is InChI=1S/C16H15N5O5S/c1-9-8-10(2)21-16(17-9)18-13(19-21)14(22)20-27(24,25)12-7-5-4-6-11(12)15(23)26-3/h4-8H,1-3H3,(H,20,22)/p+1. The third-order valence-electron chi connectivity index (χ3n) is 3.70. The summed E-state index contributed by atoms with van der Waals surface area (Å²) in [7, 11) is -3.21. The highest BCUT2D eigenvalue weighted by atomic mass is 32.2. The van der Waals surface area contributed by atoms with Gasteiger partial charge in [0.05, 0.1) is 12.7 Å². The van der Waals surface area contributed by atoms with Crippen molar-refractivity contribution < 1.29 is 27.3 Å². The highest BCUT2D eigenvalue weighted by Crippen LogP contribution is 2.16. The summed E-state index contributed by atoms with van der Waals surface area (Å²) in [5.41, 5.74) is 1.25. The largest absolute Gasteiger partial charge is 0.465 e. The van der Waals surface area contributed by atoms with E-state index in [9.17, 15) is 18.0 Å². The summed E-state index contributed by atoms with van der Waals surface area (Å²) >= 11 is 0. The van der Waals surface area contributed by atoms with Crippen LogP contribution in [0.5, 0.6) is 0 Å². The fourth-order valence-corrected chi connectivity index (χ4v) is 3.66. The van der Waals surface area contributed by atoms with E-state index in [1.54, 1.807) is 19.9 Å². The Kier molecular flexibility index (Phi) is 4.62. The lowest BCUT2D eigenvalue weighted by Gasteiger charge is -2.08. The third-order valence-corrected chi connectivity index (χ3v) is 5.09. The van der Waals surface area contributed by atoms with Crippen LogP contribution in [0.4, 0.5) is 0 Å². The van der Waals surface area contributed by atoms with E-state index in [4.69, 9.17) is 0 Å². The van der Waals surface area contributed by atoms with Crippen LogP contribution in [0.2, 0.25) is 0 Å². The second kappa shape index (κ2) is 6.76. The highest BCUT2D eigenvalue weighted by molar-refractivity contribution is 7.90. The summed E-state index contributed by atoms with van der Waals surface area (Å²) < 4.78 is 33.1. The number of rotatable bonds is 4. The molecule has 0 aliphatic rings. The quantitative estimate of drug-likeness (QED) is 0.475. The maximum Gasteiger partial charge on any atom is 0.457 e. The van der Waals surface area contributed by atoms with E-state index >= 15 is 0 Å². The average molecular weight is 390 g/mol. The molecule has 10 nitrogen and oxygen atoms in total. The van der Waals surface area contributed by atoms with Gasteiger partial charge in [-0.05, 0) is 31.0 Å². The second-order valence-electron chi connectivity index (χ2n) is 5.67. The summed E-state index contributed by atoms with van der Waals surface area (Å²) in [4.78, 5) is 32.0. The number of H-pyrrole nitrogens is 1. The van der Waals surface area contributed by atoms with Crippen molar-refractivity contribution in [2.24, 2.45) is 0 Å². The second-order valence-corrected chi connectivity index (χ2v) is 7.32. The molecule has 0 fully saturated rings. The molecular formula is C16H16N5O5S+. The van der Waals surface area contributed by atoms with Crippen molar-refractivity contribution in [3.05, 3.63) is 53.1 Å². The number of fused-ring (bicyclic) bond motifs is 1. The van der Waals surface area contributed by atoms with E-state index in [0.29, 0.717) is 5.69 Å². The van der Waals surface area contributed by atoms with Crippen LogP contribution in [-0.4, -0.2) is 42.5 Å². The molecule has 0 unspecified atom stereocenters. The molecule has 3 aromatic rings. The van der Waals surface area contributed by atoms with Crippen LogP contribution in [-0.2, 0) is 14.8 Å². The molecule has 0 bridgehead atoms. The number of nitrogens with one attached hydrogen (secondary N) is 2. The fourth-order valence-electron chi connectivity index (χ4n) is 2.52. The number of benzene rings is 1. The molecular weight excluding hydrogens is 374 g/mol. The van der Waals surface area contributed by atoms with Crippen molar-refractivity contribution in [2.75, 3.05) is 7.11 Å². The molecule has 1 amide bonds. The molecule has 2 heterocycles. The first kappa shape index (κ1) is 18.5. The topological polar surface area (TPSA) is 135 Å². The van der Waals surface area contributed by atoms with Gasteiger partial charge in [0.25, 0.3) is 10.0 Å². The molecule has 0 aliphatic carbocycles. The van der Waals surface area contributed by atoms with Crippen molar-refractivity contribution in [3.63, 3.8) is 0 Å². The van der Waals surface area contributed by atoms with Crippen LogP contribution in [0, 0.1) is 13.8 Å². The van der Waals surface area contributed by atoms with Crippen LogP contribution in [0.3, 0.4) is 0 Å². The summed E-state index contributed by atoms with van der Waals surface area (Å²) in [5.74, 6) is -1.84. The number of esters is 1. The molecule has 27 heavy (non-hydrogen) atoms. The summed E-state index contributed by atoms with van der Waals surface area (Å²) in [5, 5.41) is 2.69. The lowest BCUT2D eigenvalue weighted by atomic mass is 10.2. The first-order chi connectivity index (χ1) is 12.7. The van der Waals surface area contributed by atoms with Gasteiger partial charge in [-0.15, -0.1) is 4.52 Å². The Balaban J connectivity index is 1.96. The van der Waals surface area contributed by atoms with Crippen molar-refractivity contribution in [2.45, 2.75) is 18.7 Å². The monoisotopic (exact) mass is 390 g/mol. The van der Waals surface area contributed by atoms with Gasteiger partial charge in [-0.1, -0.05) is 17.1 Å². The molecule has 0 atom stereocenters. The third kappa shape index (κ3) is 3.49. The Morgan fingerprint density at radius 3 is 2.59 bits per heavy atom. The van der Waals surface area contributed by atoms with Crippen molar-refractivity contribution in [1.29, 1.82) is 0 Å². The van der Waals surface area contributed by atoms with E-state index in [0.717, 1.165) is 12.8 Å². The molecule has 2 aromatic heterocycles. The molecule has 2 N–H and O–H groups in total.